The van der Waals surface area contributed by atoms with E-state index in [1.165, 1.54) is 34.8 Å². The molecule has 0 saturated heterocycles. The summed E-state index contributed by atoms with van der Waals surface area (Å²) in [5, 5.41) is 6.19. The molecule has 0 radical (unpaired) electrons. The van der Waals surface area contributed by atoms with Crippen LogP contribution in [0.3, 0.4) is 0 Å². The standard InChI is InChI=1S/C18H21N/c1-14(5-4-12-19-18-10-11-18)16-9-8-15-6-2-3-7-17(15)13-16/h2-3,5-9,13,18-19H,4,10-12H2,1H3. The molecule has 98 valence electrons. The lowest BCUT2D eigenvalue weighted by molar-refractivity contribution is 0.690. The van der Waals surface area contributed by atoms with Gasteiger partial charge in [-0.15, -0.1) is 0 Å². The van der Waals surface area contributed by atoms with Gasteiger partial charge in [-0.1, -0.05) is 42.5 Å². The van der Waals surface area contributed by atoms with Crippen molar-refractivity contribution in [1.29, 1.82) is 0 Å². The average molecular weight is 251 g/mol. The van der Waals surface area contributed by atoms with Crippen LogP contribution < -0.4 is 5.32 Å². The van der Waals surface area contributed by atoms with Gasteiger partial charge in [0.1, 0.15) is 0 Å². The second kappa shape index (κ2) is 5.58. The summed E-state index contributed by atoms with van der Waals surface area (Å²) in [6, 6.07) is 16.1. The molecule has 1 aliphatic carbocycles. The molecule has 19 heavy (non-hydrogen) atoms. The smallest absolute Gasteiger partial charge is 0.00683 e. The summed E-state index contributed by atoms with van der Waals surface area (Å²) in [7, 11) is 0. The van der Waals surface area contributed by atoms with Crippen molar-refractivity contribution in [3.63, 3.8) is 0 Å². The molecule has 2 aromatic carbocycles. The summed E-state index contributed by atoms with van der Waals surface area (Å²) in [4.78, 5) is 0. The first-order chi connectivity index (χ1) is 9.33. The fraction of sp³-hybridized carbons (Fsp3) is 0.333. The Balaban J connectivity index is 1.68. The van der Waals surface area contributed by atoms with Crippen LogP contribution in [-0.2, 0) is 0 Å². The molecular weight excluding hydrogens is 230 g/mol. The number of fused-ring (bicyclic) bond motifs is 1. The Kier molecular flexibility index (Phi) is 3.65. The van der Waals surface area contributed by atoms with E-state index in [-0.39, 0.29) is 0 Å². The zero-order valence-electron chi connectivity index (χ0n) is 11.5. The number of benzene rings is 2. The highest BCUT2D eigenvalue weighted by molar-refractivity contribution is 5.86. The molecular formula is C18H21N. The highest BCUT2D eigenvalue weighted by atomic mass is 14.9. The minimum atomic E-state index is 0.814. The molecule has 1 fully saturated rings. The number of hydrogen-bond donors (Lipinski definition) is 1. The van der Waals surface area contributed by atoms with Gasteiger partial charge in [-0.3, -0.25) is 0 Å². The minimum absolute atomic E-state index is 0.814. The molecule has 0 aliphatic heterocycles. The number of rotatable bonds is 5. The van der Waals surface area contributed by atoms with E-state index in [0.29, 0.717) is 0 Å². The molecule has 0 bridgehead atoms. The molecule has 3 rings (SSSR count). The molecule has 0 atom stereocenters. The molecule has 2 aromatic rings. The zero-order valence-corrected chi connectivity index (χ0v) is 11.5. The largest absolute Gasteiger partial charge is 0.314 e. The van der Waals surface area contributed by atoms with Crippen molar-refractivity contribution in [2.75, 3.05) is 6.54 Å². The van der Waals surface area contributed by atoms with Crippen LogP contribution in [0.4, 0.5) is 0 Å². The van der Waals surface area contributed by atoms with E-state index < -0.39 is 0 Å². The molecule has 1 N–H and O–H groups in total. The number of allylic oxidation sites excluding steroid dienone is 1. The first-order valence-electron chi connectivity index (χ1n) is 7.22. The summed E-state index contributed by atoms with van der Waals surface area (Å²) >= 11 is 0. The van der Waals surface area contributed by atoms with E-state index in [0.717, 1.165) is 19.0 Å². The van der Waals surface area contributed by atoms with Crippen LogP contribution in [-0.4, -0.2) is 12.6 Å². The van der Waals surface area contributed by atoms with Gasteiger partial charge in [0.05, 0.1) is 0 Å². The van der Waals surface area contributed by atoms with Crippen molar-refractivity contribution in [2.24, 2.45) is 0 Å². The molecule has 0 amide bonds. The maximum absolute atomic E-state index is 3.55. The van der Waals surface area contributed by atoms with Gasteiger partial charge in [0.25, 0.3) is 0 Å². The molecule has 0 spiro atoms. The second-order valence-electron chi connectivity index (χ2n) is 5.47. The summed E-state index contributed by atoms with van der Waals surface area (Å²) in [6.45, 7) is 3.32. The van der Waals surface area contributed by atoms with Crippen LogP contribution >= 0.6 is 0 Å². The molecule has 1 nitrogen and oxygen atoms in total. The summed E-state index contributed by atoms with van der Waals surface area (Å²) < 4.78 is 0. The highest BCUT2D eigenvalue weighted by Crippen LogP contribution is 2.21. The topological polar surface area (TPSA) is 12.0 Å². The van der Waals surface area contributed by atoms with Crippen LogP contribution in [0, 0.1) is 0 Å². The van der Waals surface area contributed by atoms with Crippen LogP contribution in [0.1, 0.15) is 31.7 Å². The third-order valence-corrected chi connectivity index (χ3v) is 3.81. The second-order valence-corrected chi connectivity index (χ2v) is 5.47. The van der Waals surface area contributed by atoms with E-state index in [1.807, 2.05) is 0 Å². The van der Waals surface area contributed by atoms with Crippen LogP contribution in [0.15, 0.2) is 48.5 Å². The lowest BCUT2D eigenvalue weighted by Gasteiger charge is -2.05. The fourth-order valence-corrected chi connectivity index (χ4v) is 2.42. The van der Waals surface area contributed by atoms with Crippen molar-refractivity contribution in [3.05, 3.63) is 54.1 Å². The maximum atomic E-state index is 3.55. The quantitative estimate of drug-likeness (QED) is 0.777. The van der Waals surface area contributed by atoms with Crippen LogP contribution in [0.2, 0.25) is 0 Å². The first-order valence-corrected chi connectivity index (χ1v) is 7.22. The van der Waals surface area contributed by atoms with Gasteiger partial charge >= 0.3 is 0 Å². The van der Waals surface area contributed by atoms with Crippen molar-refractivity contribution in [3.8, 4) is 0 Å². The minimum Gasteiger partial charge on any atom is -0.314 e. The summed E-state index contributed by atoms with van der Waals surface area (Å²) in [5.41, 5.74) is 2.72. The van der Waals surface area contributed by atoms with E-state index in [2.05, 4.69) is 60.8 Å². The average Bonchev–Trinajstić information content (AvgIpc) is 3.27. The number of nitrogens with one attached hydrogen (secondary N) is 1. The maximum Gasteiger partial charge on any atom is 0.00683 e. The Morgan fingerprint density at radius 2 is 1.95 bits per heavy atom. The highest BCUT2D eigenvalue weighted by Gasteiger charge is 2.19. The van der Waals surface area contributed by atoms with E-state index in [1.54, 1.807) is 0 Å². The van der Waals surface area contributed by atoms with Crippen molar-refractivity contribution in [2.45, 2.75) is 32.2 Å². The molecule has 0 heterocycles. The Morgan fingerprint density at radius 3 is 2.74 bits per heavy atom. The van der Waals surface area contributed by atoms with Crippen molar-refractivity contribution >= 4 is 16.3 Å². The van der Waals surface area contributed by atoms with Gasteiger partial charge in [0.2, 0.25) is 0 Å². The summed E-state index contributed by atoms with van der Waals surface area (Å²) in [6.07, 6.45) is 6.20. The predicted molar refractivity (Wildman–Crippen MR) is 83.2 cm³/mol. The van der Waals surface area contributed by atoms with Gasteiger partial charge in [0.15, 0.2) is 0 Å². The first kappa shape index (κ1) is 12.4. The van der Waals surface area contributed by atoms with Gasteiger partial charge in [-0.05, 0) is 60.7 Å². The van der Waals surface area contributed by atoms with Crippen molar-refractivity contribution in [1.82, 2.24) is 5.32 Å². The SMILES string of the molecule is CC(=CCCNC1CC1)c1ccc2ccccc2c1. The predicted octanol–water partition coefficient (Wildman–Crippen LogP) is 4.39. The molecule has 0 aromatic heterocycles. The van der Waals surface area contributed by atoms with Gasteiger partial charge in [-0.25, -0.2) is 0 Å². The fourth-order valence-electron chi connectivity index (χ4n) is 2.42. The number of hydrogen-bond acceptors (Lipinski definition) is 1. The van der Waals surface area contributed by atoms with Crippen LogP contribution in [0.25, 0.3) is 16.3 Å². The normalized spacial score (nSPS) is 15.9. The Morgan fingerprint density at radius 1 is 1.16 bits per heavy atom. The summed E-state index contributed by atoms with van der Waals surface area (Å²) in [5.74, 6) is 0. The van der Waals surface area contributed by atoms with Crippen molar-refractivity contribution < 1.29 is 0 Å². The molecule has 1 heteroatoms. The Bertz CT molecular complexity index is 593. The Hall–Kier alpha value is -1.60. The lowest BCUT2D eigenvalue weighted by atomic mass is 10.0. The van der Waals surface area contributed by atoms with E-state index in [9.17, 15) is 0 Å². The molecule has 1 saturated carbocycles. The van der Waals surface area contributed by atoms with E-state index >= 15 is 0 Å². The van der Waals surface area contributed by atoms with E-state index in [4.69, 9.17) is 0 Å². The lowest BCUT2D eigenvalue weighted by Crippen LogP contribution is -2.16. The third kappa shape index (κ3) is 3.24. The molecule has 0 unspecified atom stereocenters. The van der Waals surface area contributed by atoms with Gasteiger partial charge in [0, 0.05) is 6.04 Å². The monoisotopic (exact) mass is 251 g/mol. The Labute approximate surface area is 115 Å². The third-order valence-electron chi connectivity index (χ3n) is 3.81. The van der Waals surface area contributed by atoms with Gasteiger partial charge < -0.3 is 5.32 Å². The van der Waals surface area contributed by atoms with Gasteiger partial charge in [-0.2, -0.15) is 0 Å². The van der Waals surface area contributed by atoms with Crippen LogP contribution in [0.5, 0.6) is 0 Å². The molecule has 1 aliphatic rings. The zero-order chi connectivity index (χ0) is 13.1.